The van der Waals surface area contributed by atoms with E-state index in [-0.39, 0.29) is 5.78 Å². The molecule has 36 heavy (non-hydrogen) atoms. The van der Waals surface area contributed by atoms with E-state index in [1.54, 1.807) is 0 Å². The first kappa shape index (κ1) is 22.9. The quantitative estimate of drug-likeness (QED) is 0.225. The summed E-state index contributed by atoms with van der Waals surface area (Å²) in [6, 6.07) is 18.3. The predicted octanol–water partition coefficient (Wildman–Crippen LogP) is 5.94. The van der Waals surface area contributed by atoms with Crippen molar-refractivity contribution in [3.05, 3.63) is 72.6 Å². The third-order valence-electron chi connectivity index (χ3n) is 7.38. The van der Waals surface area contributed by atoms with Crippen LogP contribution in [0.5, 0.6) is 0 Å². The van der Waals surface area contributed by atoms with Crippen molar-refractivity contribution in [1.82, 2.24) is 19.3 Å². The summed E-state index contributed by atoms with van der Waals surface area (Å²) in [5, 5.41) is 3.57. The van der Waals surface area contributed by atoms with Crippen LogP contribution in [0.3, 0.4) is 0 Å². The highest BCUT2D eigenvalue weighted by molar-refractivity contribution is 5.96. The summed E-state index contributed by atoms with van der Waals surface area (Å²) in [7, 11) is 0. The van der Waals surface area contributed by atoms with Gasteiger partial charge in [0.15, 0.2) is 17.2 Å². The molecule has 4 aromatic rings. The Bertz CT molecular complexity index is 1340. The first-order chi connectivity index (χ1) is 17.7. The lowest BCUT2D eigenvalue weighted by atomic mass is 10.0. The van der Waals surface area contributed by atoms with E-state index in [0.29, 0.717) is 12.3 Å². The molecular formula is C30H33N5O. The number of benzene rings is 2. The van der Waals surface area contributed by atoms with Crippen LogP contribution in [-0.2, 0) is 0 Å². The fourth-order valence-electron chi connectivity index (χ4n) is 5.11. The van der Waals surface area contributed by atoms with E-state index in [1.165, 1.54) is 38.8 Å². The number of aromatic nitrogens is 3. The molecule has 2 aromatic carbocycles. The van der Waals surface area contributed by atoms with Crippen LogP contribution in [0.1, 0.15) is 48.9 Å². The largest absolute Gasteiger partial charge is 0.367 e. The molecule has 1 saturated carbocycles. The maximum Gasteiger partial charge on any atom is 0.180 e. The van der Waals surface area contributed by atoms with Crippen molar-refractivity contribution in [2.45, 2.75) is 38.5 Å². The molecule has 1 aliphatic heterocycles. The van der Waals surface area contributed by atoms with Gasteiger partial charge in [-0.25, -0.2) is 9.97 Å². The van der Waals surface area contributed by atoms with E-state index >= 15 is 0 Å². The molecule has 1 aliphatic carbocycles. The van der Waals surface area contributed by atoms with Crippen LogP contribution in [0, 0.1) is 5.92 Å². The number of carbonyl (C=O) groups is 1. The summed E-state index contributed by atoms with van der Waals surface area (Å²) < 4.78 is 2.12. The molecular weight excluding hydrogens is 446 g/mol. The number of Topliss-reactive ketones (excluding diaryl/α,β-unsaturated/α-hetero) is 1. The highest BCUT2D eigenvalue weighted by Gasteiger charge is 2.25. The summed E-state index contributed by atoms with van der Waals surface area (Å²) in [6.07, 6.45) is 10.7. The van der Waals surface area contributed by atoms with Crippen LogP contribution in [0.15, 0.2) is 67.0 Å². The number of nitrogens with one attached hydrogen (secondary N) is 1. The van der Waals surface area contributed by atoms with Crippen LogP contribution in [-0.4, -0.2) is 51.2 Å². The topological polar surface area (TPSA) is 62.5 Å². The van der Waals surface area contributed by atoms with Gasteiger partial charge in [-0.2, -0.15) is 0 Å². The summed E-state index contributed by atoms with van der Waals surface area (Å²) in [6.45, 7) is 4.42. The third kappa shape index (κ3) is 5.05. The maximum atomic E-state index is 12.5. The van der Waals surface area contributed by atoms with Gasteiger partial charge in [-0.1, -0.05) is 54.6 Å². The van der Waals surface area contributed by atoms with E-state index in [0.717, 1.165) is 59.1 Å². The Balaban J connectivity index is 1.28. The first-order valence-corrected chi connectivity index (χ1v) is 13.3. The minimum atomic E-state index is 0.248. The Hall–Kier alpha value is -3.51. The molecule has 0 amide bonds. The zero-order valence-corrected chi connectivity index (χ0v) is 20.7. The number of rotatable bonds is 10. The number of fused-ring (bicyclic) bond motifs is 1. The van der Waals surface area contributed by atoms with Gasteiger partial charge < -0.3 is 10.2 Å². The monoisotopic (exact) mass is 479 g/mol. The highest BCUT2D eigenvalue weighted by Crippen LogP contribution is 2.34. The molecule has 1 N–H and O–H groups in total. The summed E-state index contributed by atoms with van der Waals surface area (Å²) >= 11 is 0. The molecule has 0 atom stereocenters. The lowest BCUT2D eigenvalue weighted by molar-refractivity contribution is 0.0976. The van der Waals surface area contributed by atoms with Crippen molar-refractivity contribution in [3.63, 3.8) is 0 Å². The van der Waals surface area contributed by atoms with Crippen LogP contribution >= 0.6 is 0 Å². The standard InChI is InChI=1S/C30H33N5O/c36-28(19-22-9-10-22)25-13-11-24(12-14-25)27-20-32-30-29(31-15-6-18-34-16-4-5-17-34)33-26(21-35(27)30)23-7-2-1-3-8-23/h1-3,7-8,11-14,20-22H,4-6,9-10,15-19H2,(H,31,33). The maximum absolute atomic E-state index is 12.5. The van der Waals surface area contributed by atoms with Crippen molar-refractivity contribution < 1.29 is 4.79 Å². The van der Waals surface area contributed by atoms with Gasteiger partial charge in [0.1, 0.15) is 0 Å². The molecule has 2 fully saturated rings. The Labute approximate surface area is 212 Å². The fourth-order valence-corrected chi connectivity index (χ4v) is 5.11. The van der Waals surface area contributed by atoms with Crippen molar-refractivity contribution in [2.24, 2.45) is 5.92 Å². The van der Waals surface area contributed by atoms with E-state index in [1.807, 2.05) is 48.7 Å². The van der Waals surface area contributed by atoms with E-state index in [2.05, 4.69) is 32.9 Å². The fraction of sp³-hybridized carbons (Fsp3) is 0.367. The lowest BCUT2D eigenvalue weighted by Crippen LogP contribution is -2.22. The van der Waals surface area contributed by atoms with Gasteiger partial charge >= 0.3 is 0 Å². The summed E-state index contributed by atoms with van der Waals surface area (Å²) in [4.78, 5) is 24.8. The molecule has 2 aliphatic rings. The van der Waals surface area contributed by atoms with E-state index in [9.17, 15) is 4.79 Å². The highest BCUT2D eigenvalue weighted by atomic mass is 16.1. The number of carbonyl (C=O) groups excluding carboxylic acids is 1. The Morgan fingerprint density at radius 2 is 1.75 bits per heavy atom. The minimum absolute atomic E-state index is 0.248. The SMILES string of the molecule is O=C(CC1CC1)c1ccc(-c2cnc3c(NCCCN4CCCC4)nc(-c4ccccc4)cn23)cc1. The predicted molar refractivity (Wildman–Crippen MR) is 144 cm³/mol. The number of imidazole rings is 1. The molecule has 0 unspecified atom stereocenters. The first-order valence-electron chi connectivity index (χ1n) is 13.3. The van der Waals surface area contributed by atoms with Crippen molar-refractivity contribution in [1.29, 1.82) is 0 Å². The molecule has 0 radical (unpaired) electrons. The van der Waals surface area contributed by atoms with Crippen molar-refractivity contribution in [3.8, 4) is 22.5 Å². The van der Waals surface area contributed by atoms with Gasteiger partial charge in [0.25, 0.3) is 0 Å². The van der Waals surface area contributed by atoms with Crippen molar-refractivity contribution >= 4 is 17.2 Å². The van der Waals surface area contributed by atoms with Crippen LogP contribution in [0.4, 0.5) is 5.82 Å². The Morgan fingerprint density at radius 1 is 0.972 bits per heavy atom. The van der Waals surface area contributed by atoms with E-state index in [4.69, 9.17) is 9.97 Å². The van der Waals surface area contributed by atoms with Crippen LogP contribution in [0.25, 0.3) is 28.2 Å². The molecule has 184 valence electrons. The lowest BCUT2D eigenvalue weighted by Gasteiger charge is -2.15. The number of hydrogen-bond donors (Lipinski definition) is 1. The molecule has 2 aromatic heterocycles. The smallest absolute Gasteiger partial charge is 0.180 e. The molecule has 1 saturated heterocycles. The average molecular weight is 480 g/mol. The molecule has 0 spiro atoms. The normalized spacial score (nSPS) is 16.0. The molecule has 3 heterocycles. The third-order valence-corrected chi connectivity index (χ3v) is 7.38. The molecule has 6 rings (SSSR count). The number of hydrogen-bond acceptors (Lipinski definition) is 5. The minimum Gasteiger partial charge on any atom is -0.367 e. The summed E-state index contributed by atoms with van der Waals surface area (Å²) in [5.41, 5.74) is 5.62. The van der Waals surface area contributed by atoms with Gasteiger partial charge in [-0.15, -0.1) is 0 Å². The van der Waals surface area contributed by atoms with E-state index < -0.39 is 0 Å². The molecule has 6 nitrogen and oxygen atoms in total. The van der Waals surface area contributed by atoms with Crippen LogP contribution in [0.2, 0.25) is 0 Å². The number of ketones is 1. The Kier molecular flexibility index (Phi) is 6.51. The number of likely N-dealkylation sites (tertiary alicyclic amines) is 1. The number of anilines is 1. The van der Waals surface area contributed by atoms with Crippen molar-refractivity contribution in [2.75, 3.05) is 31.5 Å². The summed E-state index contributed by atoms with van der Waals surface area (Å²) in [5.74, 6) is 1.65. The van der Waals surface area contributed by atoms with Gasteiger partial charge in [0.2, 0.25) is 0 Å². The van der Waals surface area contributed by atoms with Gasteiger partial charge in [-0.3, -0.25) is 9.20 Å². The van der Waals surface area contributed by atoms with Gasteiger partial charge in [0, 0.05) is 35.9 Å². The van der Waals surface area contributed by atoms with Gasteiger partial charge in [0.05, 0.1) is 17.6 Å². The zero-order chi connectivity index (χ0) is 24.3. The average Bonchev–Trinajstić information content (AvgIpc) is 3.38. The van der Waals surface area contributed by atoms with Crippen LogP contribution < -0.4 is 5.32 Å². The second-order valence-electron chi connectivity index (χ2n) is 10.2. The number of nitrogens with zero attached hydrogens (tertiary/aromatic N) is 4. The zero-order valence-electron chi connectivity index (χ0n) is 20.7. The Morgan fingerprint density at radius 3 is 2.50 bits per heavy atom. The van der Waals surface area contributed by atoms with Gasteiger partial charge in [-0.05, 0) is 57.7 Å². The molecule has 0 bridgehead atoms. The second kappa shape index (κ2) is 10.2. The second-order valence-corrected chi connectivity index (χ2v) is 10.2. The molecule has 6 heteroatoms.